The minimum absolute atomic E-state index is 0.227. The van der Waals surface area contributed by atoms with E-state index in [0.717, 1.165) is 24.9 Å². The molecule has 100 valence electrons. The van der Waals surface area contributed by atoms with Crippen LogP contribution in [-0.2, 0) is 14.3 Å². The lowest BCUT2D eigenvalue weighted by atomic mass is 10.1. The van der Waals surface area contributed by atoms with Crippen molar-refractivity contribution in [1.82, 2.24) is 4.90 Å². The van der Waals surface area contributed by atoms with Gasteiger partial charge in [-0.3, -0.25) is 4.18 Å². The van der Waals surface area contributed by atoms with Crippen molar-refractivity contribution in [3.05, 3.63) is 29.8 Å². The Kier molecular flexibility index (Phi) is 4.04. The molecule has 1 saturated heterocycles. The van der Waals surface area contributed by atoms with Gasteiger partial charge in [0.05, 0.1) is 11.0 Å². The van der Waals surface area contributed by atoms with Gasteiger partial charge in [-0.15, -0.1) is 0 Å². The van der Waals surface area contributed by atoms with E-state index in [2.05, 4.69) is 4.90 Å². The average molecular weight is 269 g/mol. The fraction of sp³-hybridized carbons (Fsp3) is 0.538. The highest BCUT2D eigenvalue weighted by atomic mass is 32.2. The van der Waals surface area contributed by atoms with Gasteiger partial charge in [0, 0.05) is 6.54 Å². The van der Waals surface area contributed by atoms with Crippen molar-refractivity contribution in [2.24, 2.45) is 0 Å². The predicted molar refractivity (Wildman–Crippen MR) is 70.0 cm³/mol. The summed E-state index contributed by atoms with van der Waals surface area (Å²) in [6.45, 7) is 3.60. The van der Waals surface area contributed by atoms with Crippen LogP contribution < -0.4 is 0 Å². The van der Waals surface area contributed by atoms with Gasteiger partial charge in [-0.25, -0.2) is 0 Å². The monoisotopic (exact) mass is 269 g/mol. The molecule has 0 saturated carbocycles. The van der Waals surface area contributed by atoms with Gasteiger partial charge >= 0.3 is 0 Å². The first kappa shape index (κ1) is 13.5. The van der Waals surface area contributed by atoms with Crippen LogP contribution in [0.4, 0.5) is 0 Å². The van der Waals surface area contributed by atoms with Crippen LogP contribution in [0, 0.1) is 6.92 Å². The van der Waals surface area contributed by atoms with Gasteiger partial charge < -0.3 is 4.90 Å². The molecule has 0 N–H and O–H groups in total. The summed E-state index contributed by atoms with van der Waals surface area (Å²) in [5.41, 5.74) is 1.03. The normalized spacial score (nSPS) is 22.0. The van der Waals surface area contributed by atoms with Crippen LogP contribution in [0.1, 0.15) is 18.4 Å². The Morgan fingerprint density at radius 2 is 1.94 bits per heavy atom. The Morgan fingerprint density at radius 1 is 1.28 bits per heavy atom. The van der Waals surface area contributed by atoms with Crippen LogP contribution in [0.15, 0.2) is 29.2 Å². The van der Waals surface area contributed by atoms with Crippen molar-refractivity contribution in [1.29, 1.82) is 0 Å². The summed E-state index contributed by atoms with van der Waals surface area (Å²) in [7, 11) is -1.65. The molecule has 1 aliphatic rings. The Morgan fingerprint density at radius 3 is 2.56 bits per heavy atom. The molecule has 0 amide bonds. The third-order valence-electron chi connectivity index (χ3n) is 3.15. The Hall–Kier alpha value is -0.910. The summed E-state index contributed by atoms with van der Waals surface area (Å²) in [4.78, 5) is 2.33. The summed E-state index contributed by atoms with van der Waals surface area (Å²) in [6.07, 6.45) is 1.55. The van der Waals surface area contributed by atoms with E-state index in [1.165, 1.54) is 0 Å². The van der Waals surface area contributed by atoms with E-state index in [-0.39, 0.29) is 11.0 Å². The van der Waals surface area contributed by atoms with E-state index in [9.17, 15) is 8.42 Å². The molecule has 5 heteroatoms. The van der Waals surface area contributed by atoms with E-state index in [1.54, 1.807) is 24.3 Å². The second-order valence-electron chi connectivity index (χ2n) is 4.89. The number of likely N-dealkylation sites (N-methyl/N-ethyl adjacent to an activating group) is 1. The molecule has 4 nitrogen and oxygen atoms in total. The average Bonchev–Trinajstić information content (AvgIpc) is 2.29. The first-order chi connectivity index (χ1) is 8.47. The standard InChI is InChI=1S/C13H19NO3S/c1-11-5-7-13(8-6-11)18(15,16)17-12-4-3-9-14(2)10-12/h5-8,12H,3-4,9-10H2,1-2H3. The summed E-state index contributed by atoms with van der Waals surface area (Å²) < 4.78 is 29.5. The molecule has 0 aliphatic carbocycles. The smallest absolute Gasteiger partial charge is 0.297 e. The predicted octanol–water partition coefficient (Wildman–Crippen LogP) is 1.79. The molecule has 0 spiro atoms. The Balaban J connectivity index is 2.09. The van der Waals surface area contributed by atoms with Crippen molar-refractivity contribution >= 4 is 10.1 Å². The molecule has 0 radical (unpaired) electrons. The van der Waals surface area contributed by atoms with E-state index in [4.69, 9.17) is 4.18 Å². The van der Waals surface area contributed by atoms with Crippen LogP contribution >= 0.6 is 0 Å². The van der Waals surface area contributed by atoms with Gasteiger partial charge in [0.1, 0.15) is 0 Å². The molecule has 1 aromatic carbocycles. The van der Waals surface area contributed by atoms with Crippen molar-refractivity contribution < 1.29 is 12.6 Å². The zero-order valence-electron chi connectivity index (χ0n) is 10.8. The number of hydrogen-bond acceptors (Lipinski definition) is 4. The SMILES string of the molecule is Cc1ccc(S(=O)(=O)OC2CCCN(C)C2)cc1. The summed E-state index contributed by atoms with van der Waals surface area (Å²) in [5.74, 6) is 0. The molecule has 1 aliphatic heterocycles. The van der Waals surface area contributed by atoms with Gasteiger partial charge in [-0.2, -0.15) is 8.42 Å². The highest BCUT2D eigenvalue weighted by Crippen LogP contribution is 2.19. The zero-order chi connectivity index (χ0) is 13.2. The van der Waals surface area contributed by atoms with Gasteiger partial charge in [-0.05, 0) is 45.5 Å². The molecular weight excluding hydrogens is 250 g/mol. The lowest BCUT2D eigenvalue weighted by molar-refractivity contribution is 0.110. The highest BCUT2D eigenvalue weighted by molar-refractivity contribution is 7.86. The Bertz CT molecular complexity index is 495. The highest BCUT2D eigenvalue weighted by Gasteiger charge is 2.25. The maximum atomic E-state index is 12.1. The van der Waals surface area contributed by atoms with E-state index in [1.807, 2.05) is 14.0 Å². The van der Waals surface area contributed by atoms with Gasteiger partial charge in [0.2, 0.25) is 0 Å². The molecular formula is C13H19NO3S. The van der Waals surface area contributed by atoms with Crippen LogP contribution in [0.25, 0.3) is 0 Å². The second kappa shape index (κ2) is 5.38. The number of aryl methyl sites for hydroxylation is 1. The molecule has 0 aromatic heterocycles. The fourth-order valence-corrected chi connectivity index (χ4v) is 3.23. The first-order valence-electron chi connectivity index (χ1n) is 6.16. The summed E-state index contributed by atoms with van der Waals surface area (Å²) in [5, 5.41) is 0. The third-order valence-corrected chi connectivity index (χ3v) is 4.53. The lowest BCUT2D eigenvalue weighted by Crippen LogP contribution is -2.38. The van der Waals surface area contributed by atoms with Crippen LogP contribution in [0.2, 0.25) is 0 Å². The summed E-state index contributed by atoms with van der Waals surface area (Å²) >= 11 is 0. The minimum atomic E-state index is -3.63. The number of rotatable bonds is 3. The van der Waals surface area contributed by atoms with E-state index >= 15 is 0 Å². The third kappa shape index (κ3) is 3.31. The molecule has 1 fully saturated rings. The second-order valence-corrected chi connectivity index (χ2v) is 6.46. The molecule has 18 heavy (non-hydrogen) atoms. The van der Waals surface area contributed by atoms with Crippen molar-refractivity contribution in [3.8, 4) is 0 Å². The minimum Gasteiger partial charge on any atom is -0.304 e. The largest absolute Gasteiger partial charge is 0.304 e. The van der Waals surface area contributed by atoms with Crippen LogP contribution in [0.5, 0.6) is 0 Å². The number of nitrogens with zero attached hydrogens (tertiary/aromatic N) is 1. The van der Waals surface area contributed by atoms with Gasteiger partial charge in [-0.1, -0.05) is 17.7 Å². The molecule has 1 heterocycles. The fourth-order valence-electron chi connectivity index (χ4n) is 2.14. The number of hydrogen-bond donors (Lipinski definition) is 0. The van der Waals surface area contributed by atoms with Crippen LogP contribution in [0.3, 0.4) is 0 Å². The number of piperidine rings is 1. The maximum Gasteiger partial charge on any atom is 0.297 e. The molecule has 1 unspecified atom stereocenters. The van der Waals surface area contributed by atoms with Crippen molar-refractivity contribution in [2.45, 2.75) is 30.8 Å². The van der Waals surface area contributed by atoms with Crippen molar-refractivity contribution in [3.63, 3.8) is 0 Å². The van der Waals surface area contributed by atoms with Gasteiger partial charge in [0.15, 0.2) is 0 Å². The zero-order valence-corrected chi connectivity index (χ0v) is 11.6. The van der Waals surface area contributed by atoms with Gasteiger partial charge in [0.25, 0.3) is 10.1 Å². The molecule has 1 atom stereocenters. The maximum absolute atomic E-state index is 12.1. The lowest BCUT2D eigenvalue weighted by Gasteiger charge is -2.28. The topological polar surface area (TPSA) is 46.6 Å². The first-order valence-corrected chi connectivity index (χ1v) is 7.57. The number of likely N-dealkylation sites (tertiary alicyclic amines) is 1. The van der Waals surface area contributed by atoms with E-state index < -0.39 is 10.1 Å². The molecule has 0 bridgehead atoms. The number of benzene rings is 1. The molecule has 2 rings (SSSR count). The van der Waals surface area contributed by atoms with Crippen LogP contribution in [-0.4, -0.2) is 39.6 Å². The molecule has 1 aromatic rings. The van der Waals surface area contributed by atoms with E-state index in [0.29, 0.717) is 6.54 Å². The quantitative estimate of drug-likeness (QED) is 0.785. The van der Waals surface area contributed by atoms with Crippen molar-refractivity contribution in [2.75, 3.05) is 20.1 Å². The Labute approximate surface area is 109 Å². The summed E-state index contributed by atoms with van der Waals surface area (Å²) in [6, 6.07) is 6.75.